The van der Waals surface area contributed by atoms with Crippen LogP contribution >= 0.6 is 11.8 Å². The fraction of sp³-hybridized carbons (Fsp3) is 0.0476. The van der Waals surface area contributed by atoms with Crippen LogP contribution in [0.25, 0.3) is 10.9 Å². The maximum atomic E-state index is 13.6. The average molecular weight is 481 g/mol. The van der Waals surface area contributed by atoms with Crippen molar-refractivity contribution < 1.29 is 18.9 Å². The fourth-order valence-corrected chi connectivity index (χ4v) is 4.05. The normalized spacial score (nSPS) is 10.9. The van der Waals surface area contributed by atoms with E-state index < -0.39 is 22.6 Å². The molecule has 0 fully saturated rings. The number of nitrogens with one attached hydrogen (secondary N) is 2. The molecule has 0 aliphatic rings. The van der Waals surface area contributed by atoms with Gasteiger partial charge in [-0.1, -0.05) is 11.8 Å². The number of nitro groups is 1. The molecule has 2 amide bonds. The molecule has 0 aliphatic carbocycles. The van der Waals surface area contributed by atoms with Crippen molar-refractivity contribution in [1.29, 1.82) is 0 Å². The van der Waals surface area contributed by atoms with Crippen molar-refractivity contribution in [3.63, 3.8) is 0 Å². The van der Waals surface area contributed by atoms with E-state index in [1.165, 1.54) is 30.5 Å². The molecule has 2 aromatic heterocycles. The lowest BCUT2D eigenvalue weighted by Gasteiger charge is -2.09. The Morgan fingerprint density at radius 2 is 2.03 bits per heavy atom. The molecular formula is C21H16FN7O4S. The van der Waals surface area contributed by atoms with Gasteiger partial charge < -0.3 is 21.8 Å². The van der Waals surface area contributed by atoms with Gasteiger partial charge >= 0.3 is 0 Å². The highest BCUT2D eigenvalue weighted by Crippen LogP contribution is 2.31. The summed E-state index contributed by atoms with van der Waals surface area (Å²) < 4.78 is 13.6. The Morgan fingerprint density at radius 1 is 1.24 bits per heavy atom. The van der Waals surface area contributed by atoms with Crippen LogP contribution in [-0.2, 0) is 6.54 Å². The van der Waals surface area contributed by atoms with Gasteiger partial charge in [0.1, 0.15) is 10.8 Å². The first-order chi connectivity index (χ1) is 16.2. The third-order valence-corrected chi connectivity index (χ3v) is 5.80. The Balaban J connectivity index is 1.55. The highest BCUT2D eigenvalue weighted by Gasteiger charge is 2.19. The van der Waals surface area contributed by atoms with E-state index in [0.717, 1.165) is 23.3 Å². The zero-order valence-electron chi connectivity index (χ0n) is 17.2. The van der Waals surface area contributed by atoms with E-state index in [2.05, 4.69) is 20.3 Å². The third kappa shape index (κ3) is 4.63. The number of carbonyl (C=O) groups excluding carboxylic acids is 2. The van der Waals surface area contributed by atoms with Crippen LogP contribution in [0.3, 0.4) is 0 Å². The summed E-state index contributed by atoms with van der Waals surface area (Å²) in [5.41, 5.74) is 12.0. The predicted molar refractivity (Wildman–Crippen MR) is 122 cm³/mol. The van der Waals surface area contributed by atoms with E-state index in [1.807, 2.05) is 0 Å². The van der Waals surface area contributed by atoms with Gasteiger partial charge in [0.25, 0.3) is 11.6 Å². The largest absolute Gasteiger partial charge is 0.382 e. The van der Waals surface area contributed by atoms with E-state index in [1.54, 1.807) is 12.3 Å². The van der Waals surface area contributed by atoms with Crippen LogP contribution in [0, 0.1) is 15.9 Å². The van der Waals surface area contributed by atoms with Gasteiger partial charge in [0, 0.05) is 40.7 Å². The molecule has 0 radical (unpaired) electrons. The average Bonchev–Trinajstić information content (AvgIpc) is 3.20. The summed E-state index contributed by atoms with van der Waals surface area (Å²) in [6, 6.07) is 7.92. The van der Waals surface area contributed by atoms with Crippen molar-refractivity contribution >= 4 is 46.0 Å². The second-order valence-electron chi connectivity index (χ2n) is 7.03. The number of halogens is 1. The lowest BCUT2D eigenvalue weighted by molar-refractivity contribution is -0.384. The molecule has 4 rings (SSSR count). The van der Waals surface area contributed by atoms with Crippen molar-refractivity contribution in [2.45, 2.75) is 16.5 Å². The number of fused-ring (bicyclic) bond motifs is 1. The number of nitrogen functional groups attached to an aromatic ring is 1. The predicted octanol–water partition coefficient (Wildman–Crippen LogP) is 2.77. The van der Waals surface area contributed by atoms with Gasteiger partial charge in [-0.15, -0.1) is 0 Å². The monoisotopic (exact) mass is 481 g/mol. The number of aromatic amines is 1. The van der Waals surface area contributed by atoms with Crippen LogP contribution in [0.5, 0.6) is 0 Å². The van der Waals surface area contributed by atoms with Crippen LogP contribution < -0.4 is 16.8 Å². The molecule has 0 unspecified atom stereocenters. The van der Waals surface area contributed by atoms with Crippen LogP contribution in [-0.4, -0.2) is 31.7 Å². The minimum Gasteiger partial charge on any atom is -0.382 e. The van der Waals surface area contributed by atoms with E-state index >= 15 is 0 Å². The van der Waals surface area contributed by atoms with Crippen LogP contribution in [0.2, 0.25) is 0 Å². The molecule has 0 spiro atoms. The number of aromatic nitrogens is 3. The first-order valence-electron chi connectivity index (χ1n) is 9.65. The number of rotatable bonds is 7. The van der Waals surface area contributed by atoms with Gasteiger partial charge in [-0.3, -0.25) is 19.7 Å². The van der Waals surface area contributed by atoms with E-state index in [0.29, 0.717) is 15.8 Å². The minimum atomic E-state index is -0.859. The summed E-state index contributed by atoms with van der Waals surface area (Å²) in [6.45, 7) is 0.0783. The Hall–Kier alpha value is -4.52. The van der Waals surface area contributed by atoms with Gasteiger partial charge in [-0.25, -0.2) is 14.4 Å². The summed E-state index contributed by atoms with van der Waals surface area (Å²) in [7, 11) is 0. The highest BCUT2D eigenvalue weighted by molar-refractivity contribution is 7.99. The summed E-state index contributed by atoms with van der Waals surface area (Å²) in [6.07, 6.45) is 2.96. The summed E-state index contributed by atoms with van der Waals surface area (Å²) >= 11 is 0.943. The minimum absolute atomic E-state index is 0.0737. The maximum absolute atomic E-state index is 13.6. The number of nitrogens with zero attached hydrogens (tertiary/aromatic N) is 3. The van der Waals surface area contributed by atoms with Crippen molar-refractivity contribution in [1.82, 2.24) is 20.3 Å². The molecule has 2 aromatic carbocycles. The van der Waals surface area contributed by atoms with E-state index in [-0.39, 0.29) is 34.3 Å². The number of H-pyrrole nitrogens is 1. The second-order valence-corrected chi connectivity index (χ2v) is 8.09. The van der Waals surface area contributed by atoms with Gasteiger partial charge in [0.2, 0.25) is 5.91 Å². The van der Waals surface area contributed by atoms with Crippen molar-refractivity contribution in [3.8, 4) is 0 Å². The number of hydrogen-bond acceptors (Lipinski definition) is 8. The molecule has 172 valence electrons. The molecular weight excluding hydrogens is 465 g/mol. The Bertz CT molecular complexity index is 1460. The molecule has 34 heavy (non-hydrogen) atoms. The quantitative estimate of drug-likeness (QED) is 0.229. The fourth-order valence-electron chi connectivity index (χ4n) is 3.18. The first kappa shape index (κ1) is 22.7. The summed E-state index contributed by atoms with van der Waals surface area (Å²) in [5, 5.41) is 14.5. The van der Waals surface area contributed by atoms with Crippen molar-refractivity contribution in [2.24, 2.45) is 5.73 Å². The van der Waals surface area contributed by atoms with Gasteiger partial charge in [-0.05, 0) is 29.8 Å². The highest BCUT2D eigenvalue weighted by atomic mass is 32.2. The first-order valence-corrected chi connectivity index (χ1v) is 10.5. The van der Waals surface area contributed by atoms with Gasteiger partial charge in [-0.2, -0.15) is 0 Å². The Morgan fingerprint density at radius 3 is 2.76 bits per heavy atom. The molecule has 0 saturated carbocycles. The van der Waals surface area contributed by atoms with Crippen molar-refractivity contribution in [3.05, 3.63) is 81.5 Å². The SMILES string of the molecule is NC(=O)c1cc([N+](=O)[O-])ccc1Sc1cnc(N)c(C(=O)NCc2c[nH]c3ccc(F)cc23)n1. The number of nitro benzene ring substituents is 1. The number of primary amides is 1. The molecule has 0 aliphatic heterocycles. The third-order valence-electron chi connectivity index (χ3n) is 4.82. The van der Waals surface area contributed by atoms with Crippen LogP contribution in [0.1, 0.15) is 26.4 Å². The number of carbonyl (C=O) groups is 2. The second kappa shape index (κ2) is 9.15. The van der Waals surface area contributed by atoms with Crippen LogP contribution in [0.4, 0.5) is 15.9 Å². The maximum Gasteiger partial charge on any atom is 0.274 e. The molecule has 0 saturated heterocycles. The number of nitrogens with two attached hydrogens (primary N) is 2. The number of amides is 2. The number of hydrogen-bond donors (Lipinski definition) is 4. The lowest BCUT2D eigenvalue weighted by atomic mass is 10.1. The molecule has 11 nitrogen and oxygen atoms in total. The molecule has 0 atom stereocenters. The standard InChI is InChI=1S/C21H16FN7O4S/c22-11-1-3-15-13(5-11)10(7-25-15)8-27-21(31)18-19(23)26-9-17(28-18)34-16-4-2-12(29(32)33)6-14(16)20(24)30/h1-7,9,25H,8H2,(H2,23,26)(H2,24,30)(H,27,31). The smallest absolute Gasteiger partial charge is 0.274 e. The number of benzene rings is 2. The van der Waals surface area contributed by atoms with Crippen LogP contribution in [0.15, 0.2) is 58.7 Å². The lowest BCUT2D eigenvalue weighted by Crippen LogP contribution is -2.25. The molecule has 2 heterocycles. The molecule has 0 bridgehead atoms. The summed E-state index contributed by atoms with van der Waals surface area (Å²) in [4.78, 5) is 46.3. The Labute approximate surface area is 194 Å². The summed E-state index contributed by atoms with van der Waals surface area (Å²) in [5.74, 6) is -1.99. The van der Waals surface area contributed by atoms with Crippen molar-refractivity contribution in [2.75, 3.05) is 5.73 Å². The zero-order valence-corrected chi connectivity index (χ0v) is 18.1. The number of non-ortho nitro benzene ring substituents is 1. The van der Waals surface area contributed by atoms with E-state index in [9.17, 15) is 24.1 Å². The Kier molecular flexibility index (Phi) is 6.10. The topological polar surface area (TPSA) is 183 Å². The molecule has 4 aromatic rings. The van der Waals surface area contributed by atoms with Gasteiger partial charge in [0.05, 0.1) is 16.7 Å². The molecule has 13 heteroatoms. The van der Waals surface area contributed by atoms with E-state index in [4.69, 9.17) is 11.5 Å². The zero-order chi connectivity index (χ0) is 24.4. The molecule has 6 N–H and O–H groups in total. The van der Waals surface area contributed by atoms with Gasteiger partial charge in [0.15, 0.2) is 11.5 Å². The number of anilines is 1.